The number of nitrogens with zero attached hydrogens (tertiary/aromatic N) is 4. The molecule has 4 aliphatic carbocycles. The third-order valence-corrected chi connectivity index (χ3v) is 20.6. The van der Waals surface area contributed by atoms with E-state index in [-0.39, 0.29) is 67.7 Å². The molecule has 1 atom stereocenters. The molecule has 2 heterocycles. The number of nitrogens with one attached hydrogen (secondary N) is 4. The molecule has 4 N–H and O–H groups in total. The number of hydrogen-bond donors (Lipinski definition) is 4. The zero-order valence-corrected chi connectivity index (χ0v) is 51.5. The number of hydrogen-bond acceptors (Lipinski definition) is 15. The van der Waals surface area contributed by atoms with Crippen molar-refractivity contribution in [3.63, 3.8) is 0 Å². The number of rotatable bonds is 26. The Morgan fingerprint density at radius 1 is 0.765 bits per heavy atom. The third kappa shape index (κ3) is 17.1. The second kappa shape index (κ2) is 27.4. The van der Waals surface area contributed by atoms with Crippen LogP contribution in [0.5, 0.6) is 0 Å². The van der Waals surface area contributed by atoms with Gasteiger partial charge in [0.05, 0.1) is 37.0 Å². The monoisotopic (exact) mass is 1250 g/mol. The minimum atomic E-state index is -6.16. The molecule has 4 amide bonds. The van der Waals surface area contributed by atoms with Gasteiger partial charge in [-0.15, -0.1) is 11.8 Å². The first-order valence-corrected chi connectivity index (χ1v) is 32.9. The number of halogens is 5. The molecule has 3 aromatic carbocycles. The number of carbonyl (C=O) groups is 3. The van der Waals surface area contributed by atoms with E-state index in [1.165, 1.54) is 35.0 Å². The number of ether oxygens (including phenoxy) is 3. The Hall–Kier alpha value is -5.25. The highest BCUT2D eigenvalue weighted by Crippen LogP contribution is 2.79. The molecule has 5 fully saturated rings. The maximum Gasteiger partial charge on any atom is 0.501 e. The lowest BCUT2D eigenvalue weighted by Gasteiger charge is -2.72. The van der Waals surface area contributed by atoms with Gasteiger partial charge in [0, 0.05) is 112 Å². The number of carbonyl (C=O) groups excluding carboxylic acids is 3. The van der Waals surface area contributed by atoms with Crippen LogP contribution in [0.3, 0.4) is 0 Å². The van der Waals surface area contributed by atoms with E-state index < -0.39 is 76.3 Å². The number of alkyl carbamates (subject to hydrolysis) is 1. The third-order valence-electron chi connectivity index (χ3n) is 16.5. The van der Waals surface area contributed by atoms with Gasteiger partial charge in [0.25, 0.3) is 25.8 Å². The summed E-state index contributed by atoms with van der Waals surface area (Å²) < 4.78 is 143. The predicted molar refractivity (Wildman–Crippen MR) is 315 cm³/mol. The van der Waals surface area contributed by atoms with Gasteiger partial charge in [-0.1, -0.05) is 43.2 Å². The summed E-state index contributed by atoms with van der Waals surface area (Å²) in [7, 11) is -11.1. The fourth-order valence-corrected chi connectivity index (χ4v) is 15.0. The number of alkyl halides is 5. The van der Waals surface area contributed by atoms with Crippen molar-refractivity contribution >= 4 is 61.0 Å². The molecular formula is C59H81F5N8O10S3. The summed E-state index contributed by atoms with van der Waals surface area (Å²) in [5.41, 5.74) is -4.06. The minimum absolute atomic E-state index is 0.0534. The lowest BCUT2D eigenvalue weighted by atomic mass is 9.32. The quantitative estimate of drug-likeness (QED) is 0.0256. The molecule has 0 spiro atoms. The van der Waals surface area contributed by atoms with Crippen molar-refractivity contribution in [1.82, 2.24) is 30.1 Å². The molecule has 2 saturated heterocycles. The zero-order valence-electron chi connectivity index (χ0n) is 49.0. The molecule has 85 heavy (non-hydrogen) atoms. The average molecular weight is 1250 g/mol. The molecule has 26 heteroatoms. The number of urea groups is 1. The van der Waals surface area contributed by atoms with Gasteiger partial charge in [-0.05, 0) is 131 Å². The van der Waals surface area contributed by atoms with E-state index in [2.05, 4.69) is 44.5 Å². The summed E-state index contributed by atoms with van der Waals surface area (Å²) in [6, 6.07) is 16.9. The van der Waals surface area contributed by atoms with Crippen LogP contribution in [0.1, 0.15) is 89.9 Å². The van der Waals surface area contributed by atoms with Crippen molar-refractivity contribution in [2.45, 2.75) is 118 Å². The number of sulfone groups is 1. The number of anilines is 2. The SMILES string of the molecule is CC1(C)CCC(CN2CCN(c3ccc(C(=O)NS(=O)(=O)c4ccc(N[C@H](CCN5CCN(C(=O)NCCOCCOCCNC(=O)OC(C)(C)C)CC5)CSc5ccccc5)c(S(=O)(=O)C(F)(F)F)c4)cc3)CC2)=C(C23CC(C(F)F)(C2)C3)C1. The molecule has 0 radical (unpaired) electrons. The van der Waals surface area contributed by atoms with Crippen molar-refractivity contribution in [2.75, 3.05) is 121 Å². The number of allylic oxidation sites excluding steroid dienone is 1. The van der Waals surface area contributed by atoms with Crippen LogP contribution in [0.2, 0.25) is 0 Å². The molecule has 18 nitrogen and oxygen atoms in total. The molecule has 0 unspecified atom stereocenters. The normalized spacial score (nSPS) is 21.6. The Morgan fingerprint density at radius 2 is 1.39 bits per heavy atom. The standard InChI is InChI=1S/C59H81F5N8O10S3/c1-55(2,3)82-54(75)66-21-32-81-34-33-80-31-20-65-53(74)72-29-23-69(24-30-72)22-18-44(38-83-46-9-7-6-8-10-46)67-49-16-15-47(35-50(49)84(76,77)59(62,63)64)85(78,79)68-51(73)42-11-13-45(14-12-42)71-27-25-70(26-28-71)37-43-17-19-56(4,5)36-48(43)57-39-58(40-57,41-57)52(60)61/h6-16,35,44,52,67H,17-34,36-41H2,1-5H3,(H,65,74)(H,66,75)(H,68,73)/t44-,57?,58?/m1/s1. The Morgan fingerprint density at radius 3 is 2.00 bits per heavy atom. The summed E-state index contributed by atoms with van der Waals surface area (Å²) in [6.07, 6.45) is 2.23. The van der Waals surface area contributed by atoms with Crippen LogP contribution in [0.25, 0.3) is 0 Å². The largest absolute Gasteiger partial charge is 0.501 e. The highest BCUT2D eigenvalue weighted by atomic mass is 32.2. The maximum absolute atomic E-state index is 14.4. The molecule has 2 bridgehead atoms. The van der Waals surface area contributed by atoms with Crippen LogP contribution in [0.15, 0.2) is 98.6 Å². The van der Waals surface area contributed by atoms with Crippen molar-refractivity contribution in [3.05, 3.63) is 89.5 Å². The summed E-state index contributed by atoms with van der Waals surface area (Å²) in [4.78, 5) is 45.1. The van der Waals surface area contributed by atoms with E-state index >= 15 is 0 Å². The van der Waals surface area contributed by atoms with Crippen molar-refractivity contribution in [3.8, 4) is 0 Å². The van der Waals surface area contributed by atoms with E-state index in [9.17, 15) is 53.2 Å². The first kappa shape index (κ1) is 65.7. The van der Waals surface area contributed by atoms with Gasteiger partial charge in [-0.2, -0.15) is 13.2 Å². The van der Waals surface area contributed by atoms with Crippen molar-refractivity contribution in [2.24, 2.45) is 16.2 Å². The molecule has 2 aliphatic heterocycles. The lowest BCUT2D eigenvalue weighted by molar-refractivity contribution is -0.250. The summed E-state index contributed by atoms with van der Waals surface area (Å²) >= 11 is 1.39. The Labute approximate surface area is 500 Å². The number of piperazine rings is 2. The molecule has 6 aliphatic rings. The van der Waals surface area contributed by atoms with Crippen LogP contribution in [0, 0.1) is 16.2 Å². The van der Waals surface area contributed by atoms with Gasteiger partial charge in [0.15, 0.2) is 0 Å². The van der Waals surface area contributed by atoms with E-state index in [1.807, 2.05) is 35.1 Å². The van der Waals surface area contributed by atoms with E-state index in [0.29, 0.717) is 77.6 Å². The summed E-state index contributed by atoms with van der Waals surface area (Å²) in [5, 5.41) is 8.42. The van der Waals surface area contributed by atoms with Crippen LogP contribution >= 0.6 is 11.8 Å². The van der Waals surface area contributed by atoms with E-state index in [1.54, 1.807) is 37.8 Å². The highest BCUT2D eigenvalue weighted by Gasteiger charge is 2.73. The van der Waals surface area contributed by atoms with Gasteiger partial charge in [-0.25, -0.2) is 39.9 Å². The fourth-order valence-electron chi connectivity index (χ4n) is 12.0. The molecular weight excluding hydrogens is 1170 g/mol. The van der Waals surface area contributed by atoms with Gasteiger partial charge in [0.2, 0.25) is 6.43 Å². The zero-order chi connectivity index (χ0) is 61.4. The fraction of sp³-hybridized carbons (Fsp3) is 0.610. The van der Waals surface area contributed by atoms with Gasteiger partial charge >= 0.3 is 17.6 Å². The molecule has 3 aromatic rings. The highest BCUT2D eigenvalue weighted by molar-refractivity contribution is 7.99. The van der Waals surface area contributed by atoms with Crippen LogP contribution < -0.4 is 25.6 Å². The number of thioether (sulfide) groups is 1. The van der Waals surface area contributed by atoms with Gasteiger partial charge < -0.3 is 40.0 Å². The Bertz CT molecular complexity index is 3040. The topological polar surface area (TPSA) is 208 Å². The summed E-state index contributed by atoms with van der Waals surface area (Å²) in [6.45, 7) is 17.3. The smallest absolute Gasteiger partial charge is 0.444 e. The van der Waals surface area contributed by atoms with Crippen LogP contribution in [0.4, 0.5) is 42.9 Å². The van der Waals surface area contributed by atoms with Crippen LogP contribution in [-0.4, -0.2) is 184 Å². The lowest BCUT2D eigenvalue weighted by Crippen LogP contribution is -2.66. The molecule has 470 valence electrons. The molecule has 9 rings (SSSR count). The van der Waals surface area contributed by atoms with Gasteiger partial charge in [0.1, 0.15) is 10.5 Å². The van der Waals surface area contributed by atoms with Crippen molar-refractivity contribution < 1.29 is 67.4 Å². The number of amides is 4. The molecule has 3 saturated carbocycles. The van der Waals surface area contributed by atoms with E-state index in [4.69, 9.17) is 14.2 Å². The molecule has 0 aromatic heterocycles. The minimum Gasteiger partial charge on any atom is -0.444 e. The second-order valence-electron chi connectivity index (χ2n) is 24.7. The first-order chi connectivity index (χ1) is 40.1. The number of benzene rings is 3. The van der Waals surface area contributed by atoms with Crippen LogP contribution in [-0.2, 0) is 34.1 Å². The second-order valence-corrected chi connectivity index (χ2v) is 29.4. The maximum atomic E-state index is 14.4. The summed E-state index contributed by atoms with van der Waals surface area (Å²) in [5.74, 6) is -0.801. The van der Waals surface area contributed by atoms with E-state index in [0.717, 1.165) is 61.6 Å². The van der Waals surface area contributed by atoms with Gasteiger partial charge in [-0.3, -0.25) is 14.6 Å². The average Bonchev–Trinajstić information content (AvgIpc) is 0.677. The Kier molecular flexibility index (Phi) is 21.2. The Balaban J connectivity index is 0.830. The first-order valence-electron chi connectivity index (χ1n) is 29.0. The predicted octanol–water partition coefficient (Wildman–Crippen LogP) is 9.01. The number of sulfonamides is 1. The van der Waals surface area contributed by atoms with Crippen molar-refractivity contribution in [1.29, 1.82) is 0 Å².